The van der Waals surface area contributed by atoms with E-state index in [0.717, 1.165) is 57.3 Å². The normalized spacial score (nSPS) is 16.1. The Balaban J connectivity index is 0.000000581. The summed E-state index contributed by atoms with van der Waals surface area (Å²) < 4.78 is 0. The van der Waals surface area contributed by atoms with E-state index in [1.807, 2.05) is 18.2 Å². The van der Waals surface area contributed by atoms with Crippen LogP contribution in [0.2, 0.25) is 0 Å². The molecule has 0 amide bonds. The molecule has 1 aliphatic carbocycles. The second-order valence-corrected chi connectivity index (χ2v) is 9.71. The molecule has 2 N–H and O–H groups in total. The number of halogens is 1. The quantitative estimate of drug-likeness (QED) is 0.404. The molecule has 0 unspecified atom stereocenters. The van der Waals surface area contributed by atoms with Crippen LogP contribution in [0.15, 0.2) is 84.9 Å². The van der Waals surface area contributed by atoms with E-state index >= 15 is 0 Å². The number of hydrogen-bond donors (Lipinski definition) is 2. The second kappa shape index (κ2) is 13.6. The van der Waals surface area contributed by atoms with Gasteiger partial charge in [0.05, 0.1) is 5.60 Å². The molecular formula is C32H38ClNO3. The monoisotopic (exact) mass is 519 g/mol. The third-order valence-corrected chi connectivity index (χ3v) is 7.37. The minimum absolute atomic E-state index is 0. The maximum atomic E-state index is 11.1. The molecule has 0 radical (unpaired) electrons. The van der Waals surface area contributed by atoms with E-state index in [9.17, 15) is 9.90 Å². The summed E-state index contributed by atoms with van der Waals surface area (Å²) in [6, 6.07) is 27.9. The van der Waals surface area contributed by atoms with Gasteiger partial charge in [-0.1, -0.05) is 91.9 Å². The third kappa shape index (κ3) is 7.32. The average Bonchev–Trinajstić information content (AvgIpc) is 3.08. The average molecular weight is 520 g/mol. The van der Waals surface area contributed by atoms with Crippen LogP contribution < -0.4 is 0 Å². The van der Waals surface area contributed by atoms with E-state index in [0.29, 0.717) is 0 Å². The smallest absolute Gasteiger partial charge is 0.303 e. The Labute approximate surface area is 227 Å². The molecule has 1 heterocycles. The van der Waals surface area contributed by atoms with Crippen molar-refractivity contribution in [2.75, 3.05) is 19.6 Å². The number of hydrogen-bond acceptors (Lipinski definition) is 3. The number of aliphatic carboxylic acids is 1. The van der Waals surface area contributed by atoms with Crippen LogP contribution in [0.5, 0.6) is 0 Å². The first-order valence-corrected chi connectivity index (χ1v) is 13.1. The van der Waals surface area contributed by atoms with Gasteiger partial charge in [0.15, 0.2) is 0 Å². The van der Waals surface area contributed by atoms with Crippen LogP contribution in [-0.4, -0.2) is 40.7 Å². The Morgan fingerprint density at radius 3 is 1.86 bits per heavy atom. The van der Waals surface area contributed by atoms with Gasteiger partial charge in [-0.15, -0.1) is 12.4 Å². The molecule has 0 atom stereocenters. The number of piperidine rings is 1. The van der Waals surface area contributed by atoms with Crippen LogP contribution in [0.3, 0.4) is 0 Å². The maximum Gasteiger partial charge on any atom is 0.303 e. The lowest BCUT2D eigenvalue weighted by Crippen LogP contribution is -2.42. The van der Waals surface area contributed by atoms with E-state index in [1.54, 1.807) is 6.92 Å². The number of aryl methyl sites for hydroxylation is 2. The Bertz CT molecular complexity index is 1130. The zero-order valence-electron chi connectivity index (χ0n) is 21.6. The molecule has 1 aliphatic heterocycles. The molecule has 5 heteroatoms. The number of fused-ring (bicyclic) bond motifs is 2. The van der Waals surface area contributed by atoms with Crippen LogP contribution in [-0.2, 0) is 23.2 Å². The van der Waals surface area contributed by atoms with Crippen LogP contribution >= 0.6 is 12.4 Å². The first kappa shape index (κ1) is 28.6. The summed E-state index contributed by atoms with van der Waals surface area (Å²) in [4.78, 5) is 11.9. The van der Waals surface area contributed by atoms with Crippen molar-refractivity contribution in [2.24, 2.45) is 0 Å². The Kier molecular flexibility index (Phi) is 10.5. The van der Waals surface area contributed by atoms with E-state index in [4.69, 9.17) is 5.11 Å². The summed E-state index contributed by atoms with van der Waals surface area (Å²) in [6.07, 6.45) is 7.52. The lowest BCUT2D eigenvalue weighted by Gasteiger charge is -2.38. The predicted octanol–water partition coefficient (Wildman–Crippen LogP) is 6.49. The molecule has 4 nitrogen and oxygen atoms in total. The summed E-state index contributed by atoms with van der Waals surface area (Å²) in [5, 5.41) is 18.8. The molecular weight excluding hydrogens is 482 g/mol. The van der Waals surface area contributed by atoms with Gasteiger partial charge in [-0.3, -0.25) is 4.79 Å². The van der Waals surface area contributed by atoms with Crippen molar-refractivity contribution in [3.05, 3.63) is 113 Å². The van der Waals surface area contributed by atoms with Gasteiger partial charge in [0.1, 0.15) is 0 Å². The molecule has 196 valence electrons. The first-order chi connectivity index (χ1) is 17.5. The zero-order chi connectivity index (χ0) is 25.4. The largest absolute Gasteiger partial charge is 0.481 e. The van der Waals surface area contributed by atoms with E-state index in [1.165, 1.54) is 27.8 Å². The number of carboxylic acids is 1. The van der Waals surface area contributed by atoms with Crippen LogP contribution in [0.1, 0.15) is 60.4 Å². The van der Waals surface area contributed by atoms with Crippen LogP contribution in [0.4, 0.5) is 0 Å². The van der Waals surface area contributed by atoms with Gasteiger partial charge in [-0.05, 0) is 65.5 Å². The standard InChI is InChI=1S/C29H31NO.C3H6O2.ClH/c31-29(25-11-2-1-3-12-25)18-21-30(22-19-29)20-8-15-28-26-13-6-4-9-23(26)16-17-24-10-5-7-14-27(24)28;1-2-3(4)5;/h1-7,9-15,31H,8,16-22H2;2H2,1H3,(H,4,5);1H. The summed E-state index contributed by atoms with van der Waals surface area (Å²) in [5.41, 5.74) is 7.47. The highest BCUT2D eigenvalue weighted by atomic mass is 35.5. The zero-order valence-corrected chi connectivity index (χ0v) is 22.4. The molecule has 5 rings (SSSR count). The number of nitrogens with zero attached hydrogens (tertiary/aromatic N) is 1. The van der Waals surface area contributed by atoms with Gasteiger partial charge in [-0.2, -0.15) is 0 Å². The molecule has 0 spiro atoms. The molecule has 1 fully saturated rings. The fourth-order valence-corrected chi connectivity index (χ4v) is 5.21. The topological polar surface area (TPSA) is 60.8 Å². The van der Waals surface area contributed by atoms with Crippen molar-refractivity contribution in [1.29, 1.82) is 0 Å². The number of benzene rings is 3. The molecule has 0 saturated carbocycles. The summed E-state index contributed by atoms with van der Waals surface area (Å²) in [6.45, 7) is 4.53. The highest BCUT2D eigenvalue weighted by Crippen LogP contribution is 2.35. The van der Waals surface area contributed by atoms with Crippen molar-refractivity contribution >= 4 is 23.9 Å². The van der Waals surface area contributed by atoms with Crippen molar-refractivity contribution in [3.8, 4) is 0 Å². The molecule has 2 aliphatic rings. The van der Waals surface area contributed by atoms with Gasteiger partial charge < -0.3 is 15.1 Å². The molecule has 37 heavy (non-hydrogen) atoms. The number of carbonyl (C=O) groups is 1. The van der Waals surface area contributed by atoms with Gasteiger partial charge in [0.25, 0.3) is 0 Å². The van der Waals surface area contributed by atoms with Gasteiger partial charge in [0, 0.05) is 26.1 Å². The Hall–Kier alpha value is -2.92. The first-order valence-electron chi connectivity index (χ1n) is 13.1. The second-order valence-electron chi connectivity index (χ2n) is 9.71. The minimum atomic E-state index is -0.745. The fraction of sp³-hybridized carbons (Fsp3) is 0.344. The summed E-state index contributed by atoms with van der Waals surface area (Å²) >= 11 is 0. The lowest BCUT2D eigenvalue weighted by molar-refractivity contribution is -0.136. The highest BCUT2D eigenvalue weighted by Gasteiger charge is 2.33. The fourth-order valence-electron chi connectivity index (χ4n) is 5.21. The van der Waals surface area contributed by atoms with E-state index in [2.05, 4.69) is 71.6 Å². The van der Waals surface area contributed by atoms with Crippen molar-refractivity contribution < 1.29 is 15.0 Å². The molecule has 1 saturated heterocycles. The van der Waals surface area contributed by atoms with E-state index < -0.39 is 11.6 Å². The van der Waals surface area contributed by atoms with Crippen LogP contribution in [0.25, 0.3) is 5.57 Å². The number of carboxylic acid groups (broad SMARTS) is 1. The van der Waals surface area contributed by atoms with E-state index in [-0.39, 0.29) is 18.8 Å². The molecule has 3 aromatic carbocycles. The maximum absolute atomic E-state index is 11.1. The van der Waals surface area contributed by atoms with Gasteiger partial charge >= 0.3 is 5.97 Å². The Morgan fingerprint density at radius 2 is 1.35 bits per heavy atom. The summed E-state index contributed by atoms with van der Waals surface area (Å²) in [5.74, 6) is -0.745. The van der Waals surface area contributed by atoms with Crippen molar-refractivity contribution in [1.82, 2.24) is 4.90 Å². The lowest BCUT2D eigenvalue weighted by atomic mass is 9.84. The molecule has 0 bridgehead atoms. The van der Waals surface area contributed by atoms with Crippen molar-refractivity contribution in [3.63, 3.8) is 0 Å². The van der Waals surface area contributed by atoms with Crippen LogP contribution in [0, 0.1) is 0 Å². The number of rotatable bonds is 5. The van der Waals surface area contributed by atoms with Gasteiger partial charge in [0.2, 0.25) is 0 Å². The van der Waals surface area contributed by atoms with Gasteiger partial charge in [-0.25, -0.2) is 0 Å². The third-order valence-electron chi connectivity index (χ3n) is 7.37. The predicted molar refractivity (Wildman–Crippen MR) is 153 cm³/mol. The number of aliphatic hydroxyl groups is 1. The SMILES string of the molecule is CCC(=O)O.Cl.OC1(c2ccccc2)CCN(CCC=C2c3ccccc3CCc3ccccc32)CC1. The van der Waals surface area contributed by atoms with Crippen molar-refractivity contribution in [2.45, 2.75) is 51.0 Å². The summed E-state index contributed by atoms with van der Waals surface area (Å²) in [7, 11) is 0. The Morgan fingerprint density at radius 1 is 0.865 bits per heavy atom. The molecule has 0 aromatic heterocycles. The highest BCUT2D eigenvalue weighted by molar-refractivity contribution is 5.85. The minimum Gasteiger partial charge on any atom is -0.481 e. The molecule has 3 aromatic rings. The number of likely N-dealkylation sites (tertiary alicyclic amines) is 1.